The molecule has 1 aliphatic carbocycles. The fourth-order valence-electron chi connectivity index (χ4n) is 1.89. The van der Waals surface area contributed by atoms with Gasteiger partial charge in [0.05, 0.1) is 0 Å². The highest BCUT2D eigenvalue weighted by Crippen LogP contribution is 2.39. The molecule has 1 aromatic heterocycles. The van der Waals surface area contributed by atoms with Gasteiger partial charge in [-0.1, -0.05) is 6.07 Å². The summed E-state index contributed by atoms with van der Waals surface area (Å²) in [7, 11) is 0. The van der Waals surface area contributed by atoms with Crippen LogP contribution < -0.4 is 5.32 Å². The molecule has 3 nitrogen and oxygen atoms in total. The fourth-order valence-corrected chi connectivity index (χ4v) is 2.29. The topological polar surface area (TPSA) is 37.8 Å². The smallest absolute Gasteiger partial charge is 0.135 e. The standard InChI is InChI=1S/C14H13BrFN3/c1-8-2-5-10(16)6-11(8)17-13-7-12(15)18-14(19-13)9-3-4-9/h2,5-7,9H,3-4H2,1H3,(H,17,18,19). The number of hydrogen-bond acceptors (Lipinski definition) is 3. The quantitative estimate of drug-likeness (QED) is 0.856. The van der Waals surface area contributed by atoms with Gasteiger partial charge < -0.3 is 5.32 Å². The lowest BCUT2D eigenvalue weighted by Gasteiger charge is -2.10. The number of aryl methyl sites for hydroxylation is 1. The lowest BCUT2D eigenvalue weighted by molar-refractivity contribution is 0.628. The van der Waals surface area contributed by atoms with Gasteiger partial charge in [0.25, 0.3) is 0 Å². The average molecular weight is 322 g/mol. The Hall–Kier alpha value is -1.49. The van der Waals surface area contributed by atoms with Crippen molar-refractivity contribution in [2.75, 3.05) is 5.32 Å². The van der Waals surface area contributed by atoms with Crippen LogP contribution in [-0.4, -0.2) is 9.97 Å². The van der Waals surface area contributed by atoms with Crippen molar-refractivity contribution in [1.82, 2.24) is 9.97 Å². The van der Waals surface area contributed by atoms with E-state index in [2.05, 4.69) is 31.2 Å². The molecular weight excluding hydrogens is 309 g/mol. The number of anilines is 2. The number of hydrogen-bond donors (Lipinski definition) is 1. The Morgan fingerprint density at radius 3 is 2.79 bits per heavy atom. The van der Waals surface area contributed by atoms with E-state index >= 15 is 0 Å². The molecule has 1 fully saturated rings. The van der Waals surface area contributed by atoms with Crippen LogP contribution in [-0.2, 0) is 0 Å². The fraction of sp³-hybridized carbons (Fsp3) is 0.286. The van der Waals surface area contributed by atoms with E-state index in [0.717, 1.165) is 34.5 Å². The Morgan fingerprint density at radius 2 is 2.05 bits per heavy atom. The third-order valence-electron chi connectivity index (χ3n) is 3.12. The Labute approximate surface area is 119 Å². The van der Waals surface area contributed by atoms with E-state index in [1.165, 1.54) is 12.1 Å². The zero-order valence-corrected chi connectivity index (χ0v) is 12.0. The van der Waals surface area contributed by atoms with Gasteiger partial charge in [-0.2, -0.15) is 0 Å². The van der Waals surface area contributed by atoms with Crippen molar-refractivity contribution >= 4 is 27.4 Å². The Kier molecular flexibility index (Phi) is 3.22. The molecule has 0 amide bonds. The molecule has 98 valence electrons. The highest BCUT2D eigenvalue weighted by molar-refractivity contribution is 9.10. The van der Waals surface area contributed by atoms with Crippen LogP contribution in [0.4, 0.5) is 15.9 Å². The molecule has 0 aliphatic heterocycles. The van der Waals surface area contributed by atoms with Crippen molar-refractivity contribution in [2.24, 2.45) is 0 Å². The highest BCUT2D eigenvalue weighted by atomic mass is 79.9. The lowest BCUT2D eigenvalue weighted by Crippen LogP contribution is -2.01. The molecule has 19 heavy (non-hydrogen) atoms. The zero-order valence-electron chi connectivity index (χ0n) is 10.5. The summed E-state index contributed by atoms with van der Waals surface area (Å²) in [5.74, 6) is 1.76. The molecule has 1 aliphatic rings. The molecule has 0 atom stereocenters. The second-order valence-electron chi connectivity index (χ2n) is 4.79. The summed E-state index contributed by atoms with van der Waals surface area (Å²) in [4.78, 5) is 8.86. The van der Waals surface area contributed by atoms with Crippen molar-refractivity contribution in [2.45, 2.75) is 25.7 Å². The molecule has 1 N–H and O–H groups in total. The zero-order chi connectivity index (χ0) is 13.4. The third-order valence-corrected chi connectivity index (χ3v) is 3.52. The second kappa shape index (κ2) is 4.89. The summed E-state index contributed by atoms with van der Waals surface area (Å²) in [6.07, 6.45) is 2.30. The minimum absolute atomic E-state index is 0.261. The SMILES string of the molecule is Cc1ccc(F)cc1Nc1cc(Br)nc(C2CC2)n1. The Balaban J connectivity index is 1.92. The van der Waals surface area contributed by atoms with Crippen LogP contribution in [0.2, 0.25) is 0 Å². The summed E-state index contributed by atoms with van der Waals surface area (Å²) in [6, 6.07) is 6.47. The molecule has 0 unspecified atom stereocenters. The van der Waals surface area contributed by atoms with E-state index in [9.17, 15) is 4.39 Å². The van der Waals surface area contributed by atoms with E-state index in [1.54, 1.807) is 12.1 Å². The number of nitrogens with one attached hydrogen (secondary N) is 1. The van der Waals surface area contributed by atoms with Gasteiger partial charge in [0.2, 0.25) is 0 Å². The van der Waals surface area contributed by atoms with Gasteiger partial charge in [-0.3, -0.25) is 0 Å². The maximum atomic E-state index is 13.3. The first-order chi connectivity index (χ1) is 9.11. The molecule has 0 spiro atoms. The predicted molar refractivity (Wildman–Crippen MR) is 76.1 cm³/mol. The van der Waals surface area contributed by atoms with Crippen molar-refractivity contribution in [3.63, 3.8) is 0 Å². The average Bonchev–Trinajstić information content (AvgIpc) is 3.17. The Bertz CT molecular complexity index is 626. The molecule has 5 heteroatoms. The van der Waals surface area contributed by atoms with Crippen molar-refractivity contribution in [3.8, 4) is 0 Å². The molecule has 0 bridgehead atoms. The molecule has 1 saturated carbocycles. The molecule has 3 rings (SSSR count). The second-order valence-corrected chi connectivity index (χ2v) is 5.61. The van der Waals surface area contributed by atoms with Crippen LogP contribution in [0, 0.1) is 12.7 Å². The van der Waals surface area contributed by atoms with E-state index in [1.807, 2.05) is 6.92 Å². The Morgan fingerprint density at radius 1 is 1.26 bits per heavy atom. The summed E-state index contributed by atoms with van der Waals surface area (Å²) >= 11 is 3.39. The number of benzene rings is 1. The van der Waals surface area contributed by atoms with Gasteiger partial charge in [-0.05, 0) is 53.4 Å². The van der Waals surface area contributed by atoms with Crippen LogP contribution in [0.5, 0.6) is 0 Å². The number of rotatable bonds is 3. The molecule has 0 saturated heterocycles. The van der Waals surface area contributed by atoms with Crippen LogP contribution in [0.25, 0.3) is 0 Å². The molecule has 1 heterocycles. The molecule has 1 aromatic carbocycles. The van der Waals surface area contributed by atoms with Crippen molar-refractivity contribution in [1.29, 1.82) is 0 Å². The molecule has 2 aromatic rings. The monoisotopic (exact) mass is 321 g/mol. The normalized spacial score (nSPS) is 14.5. The largest absolute Gasteiger partial charge is 0.340 e. The number of aromatic nitrogens is 2. The van der Waals surface area contributed by atoms with Crippen molar-refractivity contribution < 1.29 is 4.39 Å². The van der Waals surface area contributed by atoms with E-state index in [0.29, 0.717) is 11.7 Å². The minimum atomic E-state index is -0.261. The highest BCUT2D eigenvalue weighted by Gasteiger charge is 2.27. The first-order valence-corrected chi connectivity index (χ1v) is 6.99. The van der Waals surface area contributed by atoms with E-state index in [-0.39, 0.29) is 5.82 Å². The maximum Gasteiger partial charge on any atom is 0.135 e. The predicted octanol–water partition coefficient (Wildman–Crippen LogP) is 4.31. The van der Waals surface area contributed by atoms with Crippen molar-refractivity contribution in [3.05, 3.63) is 46.1 Å². The summed E-state index contributed by atoms with van der Waals surface area (Å²) in [5, 5.41) is 3.16. The van der Waals surface area contributed by atoms with Crippen LogP contribution in [0.3, 0.4) is 0 Å². The summed E-state index contributed by atoms with van der Waals surface area (Å²) in [5.41, 5.74) is 1.71. The summed E-state index contributed by atoms with van der Waals surface area (Å²) in [6.45, 7) is 1.93. The lowest BCUT2D eigenvalue weighted by atomic mass is 10.2. The first kappa shape index (κ1) is 12.5. The minimum Gasteiger partial charge on any atom is -0.340 e. The molecule has 0 radical (unpaired) electrons. The van der Waals surface area contributed by atoms with E-state index in [4.69, 9.17) is 0 Å². The maximum absolute atomic E-state index is 13.3. The van der Waals surface area contributed by atoms with Crippen LogP contribution >= 0.6 is 15.9 Å². The third kappa shape index (κ3) is 2.92. The van der Waals surface area contributed by atoms with Gasteiger partial charge >= 0.3 is 0 Å². The summed E-state index contributed by atoms with van der Waals surface area (Å²) < 4.78 is 14.0. The number of halogens is 2. The van der Waals surface area contributed by atoms with Gasteiger partial charge in [0.15, 0.2) is 0 Å². The van der Waals surface area contributed by atoms with E-state index < -0.39 is 0 Å². The van der Waals surface area contributed by atoms with Crippen LogP contribution in [0.1, 0.15) is 30.1 Å². The van der Waals surface area contributed by atoms with Gasteiger partial charge in [0, 0.05) is 17.7 Å². The van der Waals surface area contributed by atoms with Gasteiger partial charge in [0.1, 0.15) is 22.1 Å². The molecular formula is C14H13BrFN3. The van der Waals surface area contributed by atoms with Crippen LogP contribution in [0.15, 0.2) is 28.9 Å². The van der Waals surface area contributed by atoms with Gasteiger partial charge in [-0.15, -0.1) is 0 Å². The first-order valence-electron chi connectivity index (χ1n) is 6.19. The van der Waals surface area contributed by atoms with Gasteiger partial charge in [-0.25, -0.2) is 14.4 Å². The number of nitrogens with zero attached hydrogens (tertiary/aromatic N) is 2.